The maximum atomic E-state index is 12.0. The SMILES string of the molecule is C=CCN(C(=O)O)S(=O)(=O)c1ccc(C)cc1. The molecule has 0 fully saturated rings. The minimum atomic E-state index is -4.02. The monoisotopic (exact) mass is 255 g/mol. The number of carboxylic acid groups (broad SMARTS) is 1. The van der Waals surface area contributed by atoms with E-state index < -0.39 is 16.1 Å². The number of rotatable bonds is 4. The van der Waals surface area contributed by atoms with E-state index in [1.807, 2.05) is 6.92 Å². The van der Waals surface area contributed by atoms with Crippen LogP contribution in [0.3, 0.4) is 0 Å². The van der Waals surface area contributed by atoms with Crippen LogP contribution in [0.5, 0.6) is 0 Å². The van der Waals surface area contributed by atoms with Gasteiger partial charge >= 0.3 is 6.09 Å². The van der Waals surface area contributed by atoms with Gasteiger partial charge in [0.2, 0.25) is 0 Å². The fraction of sp³-hybridized carbons (Fsp3) is 0.182. The smallest absolute Gasteiger partial charge is 0.421 e. The molecule has 0 saturated heterocycles. The molecule has 0 aliphatic rings. The van der Waals surface area contributed by atoms with Crippen molar-refractivity contribution in [3.63, 3.8) is 0 Å². The van der Waals surface area contributed by atoms with Gasteiger partial charge in [0.1, 0.15) is 0 Å². The summed E-state index contributed by atoms with van der Waals surface area (Å²) in [5, 5.41) is 8.85. The van der Waals surface area contributed by atoms with Gasteiger partial charge < -0.3 is 5.11 Å². The Balaban J connectivity index is 3.20. The standard InChI is InChI=1S/C11H13NO4S/c1-3-8-12(11(13)14)17(15,16)10-6-4-9(2)5-7-10/h3-7H,1,8H2,2H3,(H,13,14). The lowest BCUT2D eigenvalue weighted by molar-refractivity contribution is 0.175. The highest BCUT2D eigenvalue weighted by atomic mass is 32.2. The molecule has 0 atom stereocenters. The minimum Gasteiger partial charge on any atom is -0.464 e. The topological polar surface area (TPSA) is 74.7 Å². The molecule has 5 nitrogen and oxygen atoms in total. The van der Waals surface area contributed by atoms with Crippen LogP contribution in [0.2, 0.25) is 0 Å². The largest absolute Gasteiger partial charge is 0.464 e. The Bertz CT molecular complexity index is 519. The fourth-order valence-electron chi connectivity index (χ4n) is 1.23. The molecule has 6 heteroatoms. The van der Waals surface area contributed by atoms with Crippen LogP contribution in [0.4, 0.5) is 4.79 Å². The van der Waals surface area contributed by atoms with Crippen LogP contribution in [0.25, 0.3) is 0 Å². The van der Waals surface area contributed by atoms with E-state index in [4.69, 9.17) is 5.11 Å². The molecule has 0 radical (unpaired) electrons. The van der Waals surface area contributed by atoms with Gasteiger partial charge in [-0.3, -0.25) is 0 Å². The van der Waals surface area contributed by atoms with Gasteiger partial charge in [-0.25, -0.2) is 13.2 Å². The summed E-state index contributed by atoms with van der Waals surface area (Å²) in [7, 11) is -4.02. The number of benzene rings is 1. The first-order chi connectivity index (χ1) is 7.89. The Morgan fingerprint density at radius 2 is 1.94 bits per heavy atom. The van der Waals surface area contributed by atoms with Crippen molar-refractivity contribution in [3.8, 4) is 0 Å². The number of aryl methyl sites for hydroxylation is 1. The average molecular weight is 255 g/mol. The van der Waals surface area contributed by atoms with E-state index in [2.05, 4.69) is 6.58 Å². The zero-order chi connectivity index (χ0) is 13.1. The molecule has 1 aromatic carbocycles. The van der Waals surface area contributed by atoms with Crippen molar-refractivity contribution in [2.75, 3.05) is 6.54 Å². The molecule has 0 heterocycles. The van der Waals surface area contributed by atoms with Gasteiger partial charge in [0.15, 0.2) is 0 Å². The third-order valence-corrected chi connectivity index (χ3v) is 3.87. The summed E-state index contributed by atoms with van der Waals surface area (Å²) in [6.45, 7) is 4.88. The van der Waals surface area contributed by atoms with E-state index in [9.17, 15) is 13.2 Å². The van der Waals surface area contributed by atoms with Crippen molar-refractivity contribution in [2.45, 2.75) is 11.8 Å². The quantitative estimate of drug-likeness (QED) is 0.833. The second kappa shape index (κ2) is 5.01. The Morgan fingerprint density at radius 1 is 1.41 bits per heavy atom. The summed E-state index contributed by atoms with van der Waals surface area (Å²) >= 11 is 0. The second-order valence-electron chi connectivity index (χ2n) is 3.42. The molecule has 0 aromatic heterocycles. The third-order valence-electron chi connectivity index (χ3n) is 2.12. The van der Waals surface area contributed by atoms with E-state index >= 15 is 0 Å². The van der Waals surface area contributed by atoms with Crippen LogP contribution in [-0.2, 0) is 10.0 Å². The number of nitrogens with zero attached hydrogens (tertiary/aromatic N) is 1. The van der Waals surface area contributed by atoms with Gasteiger partial charge in [-0.15, -0.1) is 6.58 Å². The first-order valence-corrected chi connectivity index (χ1v) is 6.27. The number of sulfonamides is 1. The van der Waals surface area contributed by atoms with Crippen LogP contribution in [0, 0.1) is 6.92 Å². The van der Waals surface area contributed by atoms with Crippen LogP contribution in [0.15, 0.2) is 41.8 Å². The molecule has 0 bridgehead atoms. The average Bonchev–Trinajstić information content (AvgIpc) is 2.25. The summed E-state index contributed by atoms with van der Waals surface area (Å²) < 4.78 is 24.3. The highest BCUT2D eigenvalue weighted by Gasteiger charge is 2.27. The van der Waals surface area contributed by atoms with Crippen molar-refractivity contribution >= 4 is 16.1 Å². The Labute approximate surface area is 100 Å². The lowest BCUT2D eigenvalue weighted by Crippen LogP contribution is -2.35. The van der Waals surface area contributed by atoms with Gasteiger partial charge in [-0.2, -0.15) is 4.31 Å². The van der Waals surface area contributed by atoms with Crippen molar-refractivity contribution in [1.29, 1.82) is 0 Å². The molecule has 1 rings (SSSR count). The van der Waals surface area contributed by atoms with Crippen LogP contribution < -0.4 is 0 Å². The van der Waals surface area contributed by atoms with E-state index in [0.29, 0.717) is 4.31 Å². The van der Waals surface area contributed by atoms with Gasteiger partial charge in [-0.05, 0) is 19.1 Å². The van der Waals surface area contributed by atoms with Crippen molar-refractivity contribution in [2.24, 2.45) is 0 Å². The molecule has 0 saturated carbocycles. The maximum absolute atomic E-state index is 12.0. The molecular weight excluding hydrogens is 242 g/mol. The molecule has 1 aromatic rings. The highest BCUT2D eigenvalue weighted by molar-refractivity contribution is 7.89. The van der Waals surface area contributed by atoms with E-state index in [1.54, 1.807) is 12.1 Å². The minimum absolute atomic E-state index is 0.0487. The Hall–Kier alpha value is -1.82. The molecular formula is C11H13NO4S. The van der Waals surface area contributed by atoms with E-state index in [-0.39, 0.29) is 11.4 Å². The van der Waals surface area contributed by atoms with E-state index in [1.165, 1.54) is 18.2 Å². The van der Waals surface area contributed by atoms with Crippen LogP contribution >= 0.6 is 0 Å². The first-order valence-electron chi connectivity index (χ1n) is 4.83. The second-order valence-corrected chi connectivity index (χ2v) is 5.28. The summed E-state index contributed by atoms with van der Waals surface area (Å²) in [5.41, 5.74) is 0.898. The van der Waals surface area contributed by atoms with Gasteiger partial charge in [-0.1, -0.05) is 23.8 Å². The van der Waals surface area contributed by atoms with Gasteiger partial charge in [0.25, 0.3) is 10.0 Å². The van der Waals surface area contributed by atoms with Gasteiger partial charge in [0.05, 0.1) is 11.4 Å². The summed E-state index contributed by atoms with van der Waals surface area (Å²) in [4.78, 5) is 10.8. The third kappa shape index (κ3) is 2.85. The maximum Gasteiger partial charge on any atom is 0.421 e. The number of carbonyl (C=O) groups is 1. The molecule has 0 unspecified atom stereocenters. The molecule has 0 spiro atoms. The Kier molecular flexibility index (Phi) is 3.90. The van der Waals surface area contributed by atoms with Crippen LogP contribution in [-0.4, -0.2) is 30.5 Å². The molecule has 0 aliphatic heterocycles. The molecule has 0 aliphatic carbocycles. The van der Waals surface area contributed by atoms with Crippen molar-refractivity contribution in [1.82, 2.24) is 4.31 Å². The van der Waals surface area contributed by atoms with E-state index in [0.717, 1.165) is 5.56 Å². The lowest BCUT2D eigenvalue weighted by Gasteiger charge is -2.17. The molecule has 92 valence electrons. The number of hydrogen-bond donors (Lipinski definition) is 1. The van der Waals surface area contributed by atoms with Crippen LogP contribution in [0.1, 0.15) is 5.56 Å². The Morgan fingerprint density at radius 3 is 2.35 bits per heavy atom. The van der Waals surface area contributed by atoms with Gasteiger partial charge in [0, 0.05) is 0 Å². The summed E-state index contributed by atoms with van der Waals surface area (Å²) in [5.74, 6) is 0. The first kappa shape index (κ1) is 13.2. The predicted octanol–water partition coefficient (Wildman–Crippen LogP) is 1.85. The molecule has 1 N–H and O–H groups in total. The normalized spacial score (nSPS) is 10.9. The van der Waals surface area contributed by atoms with Crippen molar-refractivity contribution in [3.05, 3.63) is 42.5 Å². The lowest BCUT2D eigenvalue weighted by atomic mass is 10.2. The number of amides is 1. The molecule has 1 amide bonds. The fourth-order valence-corrected chi connectivity index (χ4v) is 2.48. The molecule has 17 heavy (non-hydrogen) atoms. The highest BCUT2D eigenvalue weighted by Crippen LogP contribution is 2.16. The zero-order valence-corrected chi connectivity index (χ0v) is 10.1. The zero-order valence-electron chi connectivity index (χ0n) is 9.33. The number of hydrogen-bond acceptors (Lipinski definition) is 3. The summed E-state index contributed by atoms with van der Waals surface area (Å²) in [6.07, 6.45) is -0.301. The van der Waals surface area contributed by atoms with Crippen molar-refractivity contribution < 1.29 is 18.3 Å². The predicted molar refractivity (Wildman–Crippen MR) is 63.3 cm³/mol. The summed E-state index contributed by atoms with van der Waals surface area (Å²) in [6, 6.07) is 5.98.